The lowest BCUT2D eigenvalue weighted by molar-refractivity contribution is -0.116. The Kier molecular flexibility index (Phi) is 3.83. The molecule has 3 rings (SSSR count). The van der Waals surface area contributed by atoms with Crippen LogP contribution in [0.5, 0.6) is 0 Å². The highest BCUT2D eigenvalue weighted by Crippen LogP contribution is 2.17. The van der Waals surface area contributed by atoms with Crippen molar-refractivity contribution >= 4 is 11.6 Å². The van der Waals surface area contributed by atoms with Crippen molar-refractivity contribution in [3.05, 3.63) is 48.8 Å². The molecular weight excluding hydrogens is 250 g/mol. The fourth-order valence-electron chi connectivity index (χ4n) is 2.61. The summed E-state index contributed by atoms with van der Waals surface area (Å²) in [7, 11) is 0. The van der Waals surface area contributed by atoms with Crippen LogP contribution < -0.4 is 10.6 Å². The zero-order valence-corrected chi connectivity index (χ0v) is 11.4. The molecule has 104 valence electrons. The minimum Gasteiger partial charge on any atom is -0.326 e. The summed E-state index contributed by atoms with van der Waals surface area (Å²) in [5.74, 6) is 0.575. The molecule has 1 aromatic carbocycles. The average molecular weight is 269 g/mol. The quantitative estimate of drug-likeness (QED) is 0.895. The van der Waals surface area contributed by atoms with Gasteiger partial charge >= 0.3 is 0 Å². The molecule has 1 aromatic heterocycles. The summed E-state index contributed by atoms with van der Waals surface area (Å²) in [6.45, 7) is 1.98. The van der Waals surface area contributed by atoms with E-state index in [1.165, 1.54) is 0 Å². The lowest BCUT2D eigenvalue weighted by Crippen LogP contribution is -2.18. The number of benzene rings is 1. The molecule has 1 saturated heterocycles. The van der Waals surface area contributed by atoms with E-state index in [1.807, 2.05) is 53.4 Å². The molecule has 1 fully saturated rings. The smallest absolute Gasteiger partial charge is 0.224 e. The molecule has 20 heavy (non-hydrogen) atoms. The average Bonchev–Trinajstić information content (AvgIpc) is 3.11. The highest BCUT2D eigenvalue weighted by Gasteiger charge is 2.17. The Morgan fingerprint density at radius 3 is 2.90 bits per heavy atom. The van der Waals surface area contributed by atoms with Gasteiger partial charge in [-0.25, -0.2) is 0 Å². The van der Waals surface area contributed by atoms with Crippen LogP contribution in [0.3, 0.4) is 0 Å². The second kappa shape index (κ2) is 5.92. The van der Waals surface area contributed by atoms with Crippen LogP contribution in [0.4, 0.5) is 5.69 Å². The van der Waals surface area contributed by atoms with E-state index in [4.69, 9.17) is 0 Å². The van der Waals surface area contributed by atoms with Crippen LogP contribution >= 0.6 is 0 Å². The second-order valence-corrected chi connectivity index (χ2v) is 5.25. The summed E-state index contributed by atoms with van der Waals surface area (Å²) in [5, 5.41) is 6.28. The van der Waals surface area contributed by atoms with E-state index in [0.29, 0.717) is 12.3 Å². The van der Waals surface area contributed by atoms with Gasteiger partial charge in [0.05, 0.1) is 0 Å². The Morgan fingerprint density at radius 1 is 1.30 bits per heavy atom. The zero-order chi connectivity index (χ0) is 13.8. The Labute approximate surface area is 118 Å². The summed E-state index contributed by atoms with van der Waals surface area (Å²) in [4.78, 5) is 12.0. The molecule has 4 nitrogen and oxygen atoms in total. The first-order valence-corrected chi connectivity index (χ1v) is 7.05. The molecule has 0 bridgehead atoms. The molecule has 1 atom stereocenters. The lowest BCUT2D eigenvalue weighted by atomic mass is 10.0. The van der Waals surface area contributed by atoms with Gasteiger partial charge in [-0.05, 0) is 55.8 Å². The summed E-state index contributed by atoms with van der Waals surface area (Å²) < 4.78 is 2.02. The van der Waals surface area contributed by atoms with Crippen LogP contribution in [0.2, 0.25) is 0 Å². The molecular formula is C16H19N3O. The normalized spacial score (nSPS) is 18.1. The van der Waals surface area contributed by atoms with Crippen molar-refractivity contribution in [2.24, 2.45) is 5.92 Å². The van der Waals surface area contributed by atoms with Crippen LogP contribution in [-0.2, 0) is 4.79 Å². The van der Waals surface area contributed by atoms with Gasteiger partial charge in [-0.1, -0.05) is 6.07 Å². The molecule has 0 aliphatic carbocycles. The minimum absolute atomic E-state index is 0.100. The van der Waals surface area contributed by atoms with E-state index in [9.17, 15) is 4.79 Å². The maximum absolute atomic E-state index is 12.0. The maximum atomic E-state index is 12.0. The largest absolute Gasteiger partial charge is 0.326 e. The van der Waals surface area contributed by atoms with Gasteiger partial charge in [-0.2, -0.15) is 0 Å². The molecule has 0 radical (unpaired) electrons. The third-order valence-electron chi connectivity index (χ3n) is 3.67. The Balaban J connectivity index is 1.65. The predicted molar refractivity (Wildman–Crippen MR) is 80.0 cm³/mol. The first-order valence-electron chi connectivity index (χ1n) is 7.05. The Morgan fingerprint density at radius 2 is 2.15 bits per heavy atom. The second-order valence-electron chi connectivity index (χ2n) is 5.25. The van der Waals surface area contributed by atoms with Crippen molar-refractivity contribution in [3.8, 4) is 5.69 Å². The standard InChI is InChI=1S/C16H19N3O/c20-16(10-13-6-7-17-12-13)18-14-4-3-5-15(11-14)19-8-1-2-9-19/h1-5,8-9,11,13,17H,6-7,10,12H2,(H,18,20). The highest BCUT2D eigenvalue weighted by atomic mass is 16.1. The number of carbonyl (C=O) groups excluding carboxylic acids is 1. The van der Waals surface area contributed by atoms with Gasteiger partial charge in [0.15, 0.2) is 0 Å². The Hall–Kier alpha value is -2.07. The van der Waals surface area contributed by atoms with Gasteiger partial charge < -0.3 is 15.2 Å². The van der Waals surface area contributed by atoms with E-state index in [0.717, 1.165) is 30.9 Å². The number of hydrogen-bond donors (Lipinski definition) is 2. The third kappa shape index (κ3) is 3.08. The summed E-state index contributed by atoms with van der Waals surface area (Å²) in [6, 6.07) is 11.9. The van der Waals surface area contributed by atoms with Crippen molar-refractivity contribution in [3.63, 3.8) is 0 Å². The van der Waals surface area contributed by atoms with Crippen LogP contribution in [-0.4, -0.2) is 23.6 Å². The number of carbonyl (C=O) groups is 1. The van der Waals surface area contributed by atoms with Crippen LogP contribution in [0.15, 0.2) is 48.8 Å². The van der Waals surface area contributed by atoms with Gasteiger partial charge in [0.25, 0.3) is 0 Å². The lowest BCUT2D eigenvalue weighted by Gasteiger charge is -2.10. The monoisotopic (exact) mass is 269 g/mol. The van der Waals surface area contributed by atoms with Crippen molar-refractivity contribution in [2.75, 3.05) is 18.4 Å². The topological polar surface area (TPSA) is 46.1 Å². The number of amides is 1. The number of hydrogen-bond acceptors (Lipinski definition) is 2. The van der Waals surface area contributed by atoms with E-state index in [-0.39, 0.29) is 5.91 Å². The Bertz CT molecular complexity index is 571. The molecule has 2 heterocycles. The van der Waals surface area contributed by atoms with Gasteiger partial charge in [-0.3, -0.25) is 4.79 Å². The predicted octanol–water partition coefficient (Wildman–Crippen LogP) is 2.42. The summed E-state index contributed by atoms with van der Waals surface area (Å²) in [5.41, 5.74) is 1.91. The molecule has 1 aliphatic heterocycles. The fourth-order valence-corrected chi connectivity index (χ4v) is 2.61. The minimum atomic E-state index is 0.100. The van der Waals surface area contributed by atoms with Crippen molar-refractivity contribution in [2.45, 2.75) is 12.8 Å². The van der Waals surface area contributed by atoms with Gasteiger partial charge in [0, 0.05) is 30.2 Å². The van der Waals surface area contributed by atoms with Gasteiger partial charge in [0.2, 0.25) is 5.91 Å². The van der Waals surface area contributed by atoms with Crippen molar-refractivity contribution in [1.82, 2.24) is 9.88 Å². The van der Waals surface area contributed by atoms with Crippen LogP contribution in [0.1, 0.15) is 12.8 Å². The molecule has 2 N–H and O–H groups in total. The van der Waals surface area contributed by atoms with Gasteiger partial charge in [0.1, 0.15) is 0 Å². The summed E-state index contributed by atoms with van der Waals surface area (Å²) in [6.07, 6.45) is 5.67. The number of nitrogens with zero attached hydrogens (tertiary/aromatic N) is 1. The van der Waals surface area contributed by atoms with Crippen molar-refractivity contribution in [1.29, 1.82) is 0 Å². The van der Waals surface area contributed by atoms with Gasteiger partial charge in [-0.15, -0.1) is 0 Å². The molecule has 4 heteroatoms. The molecule has 1 aliphatic rings. The molecule has 1 unspecified atom stereocenters. The van der Waals surface area contributed by atoms with E-state index in [2.05, 4.69) is 10.6 Å². The first-order chi connectivity index (χ1) is 9.81. The first kappa shape index (κ1) is 12.9. The zero-order valence-electron chi connectivity index (χ0n) is 11.4. The van der Waals surface area contributed by atoms with E-state index in [1.54, 1.807) is 0 Å². The SMILES string of the molecule is O=C(CC1CCNC1)Nc1cccc(-n2cccc2)c1. The number of nitrogens with one attached hydrogen (secondary N) is 2. The fraction of sp³-hybridized carbons (Fsp3) is 0.312. The molecule has 1 amide bonds. The van der Waals surface area contributed by atoms with Crippen LogP contribution in [0, 0.1) is 5.92 Å². The highest BCUT2D eigenvalue weighted by molar-refractivity contribution is 5.91. The molecule has 2 aromatic rings. The third-order valence-corrected chi connectivity index (χ3v) is 3.67. The number of aromatic nitrogens is 1. The van der Waals surface area contributed by atoms with Crippen LogP contribution in [0.25, 0.3) is 5.69 Å². The number of anilines is 1. The van der Waals surface area contributed by atoms with E-state index < -0.39 is 0 Å². The van der Waals surface area contributed by atoms with Crippen molar-refractivity contribution < 1.29 is 4.79 Å². The number of rotatable bonds is 4. The van der Waals surface area contributed by atoms with E-state index >= 15 is 0 Å². The summed E-state index contributed by atoms with van der Waals surface area (Å²) >= 11 is 0. The molecule has 0 spiro atoms. The maximum Gasteiger partial charge on any atom is 0.224 e. The molecule has 0 saturated carbocycles.